The maximum Gasteiger partial charge on any atom is 0.385 e. The summed E-state index contributed by atoms with van der Waals surface area (Å²) in [5.41, 5.74) is 1.08. The number of nitrogens with zero attached hydrogens (tertiary/aromatic N) is 2. The molecular formula is C11H12N3S+. The van der Waals surface area contributed by atoms with Crippen LogP contribution in [0.15, 0.2) is 54.5 Å². The van der Waals surface area contributed by atoms with E-state index in [-0.39, 0.29) is 0 Å². The summed E-state index contributed by atoms with van der Waals surface area (Å²) in [6.45, 7) is 3.69. The van der Waals surface area contributed by atoms with Gasteiger partial charge in [0.1, 0.15) is 0 Å². The maximum absolute atomic E-state index is 4.25. The summed E-state index contributed by atoms with van der Waals surface area (Å²) >= 11 is 1.65. The Hall–Kier alpha value is -1.55. The first-order valence-electron chi connectivity index (χ1n) is 4.66. The smallest absolute Gasteiger partial charge is 0.188 e. The molecule has 1 aromatic heterocycles. The lowest BCUT2D eigenvalue weighted by Crippen LogP contribution is -2.34. The zero-order valence-corrected chi connectivity index (χ0v) is 9.07. The lowest BCUT2D eigenvalue weighted by atomic mass is 10.3. The van der Waals surface area contributed by atoms with Crippen molar-refractivity contribution in [3.8, 4) is 5.69 Å². The van der Waals surface area contributed by atoms with E-state index in [1.165, 1.54) is 0 Å². The van der Waals surface area contributed by atoms with Gasteiger partial charge in [0.25, 0.3) is 0 Å². The molecule has 3 nitrogen and oxygen atoms in total. The summed E-state index contributed by atoms with van der Waals surface area (Å²) in [6, 6.07) is 10.1. The molecule has 0 aliphatic carbocycles. The van der Waals surface area contributed by atoms with Crippen molar-refractivity contribution in [2.45, 2.75) is 5.16 Å². The van der Waals surface area contributed by atoms with Crippen molar-refractivity contribution in [3.05, 3.63) is 49.3 Å². The van der Waals surface area contributed by atoms with Gasteiger partial charge in [-0.15, -0.1) is 11.3 Å². The minimum Gasteiger partial charge on any atom is -0.188 e. The standard InChI is InChI=1S/C11H11N3S/c1-2-8-15-11-12-9-13-14(11)10-6-4-3-5-7-10/h2-7,9H,1,8H2/p+1. The number of aromatic amines is 1. The Morgan fingerprint density at radius 3 is 2.93 bits per heavy atom. The molecule has 76 valence electrons. The van der Waals surface area contributed by atoms with Crippen LogP contribution in [0.1, 0.15) is 0 Å². The van der Waals surface area contributed by atoms with E-state index in [9.17, 15) is 0 Å². The third-order valence-electron chi connectivity index (χ3n) is 1.90. The van der Waals surface area contributed by atoms with Gasteiger partial charge < -0.3 is 0 Å². The Morgan fingerprint density at radius 2 is 2.20 bits per heavy atom. The van der Waals surface area contributed by atoms with E-state index < -0.39 is 0 Å². The van der Waals surface area contributed by atoms with Crippen LogP contribution in [0, 0.1) is 0 Å². The quantitative estimate of drug-likeness (QED) is 0.483. The van der Waals surface area contributed by atoms with Gasteiger partial charge in [0.15, 0.2) is 5.69 Å². The Labute approximate surface area is 92.8 Å². The lowest BCUT2D eigenvalue weighted by molar-refractivity contribution is -0.694. The number of hydrogen-bond acceptors (Lipinski definition) is 2. The molecule has 0 aliphatic heterocycles. The van der Waals surface area contributed by atoms with E-state index in [1.807, 2.05) is 41.1 Å². The summed E-state index contributed by atoms with van der Waals surface area (Å²) in [5, 5.41) is 4.03. The molecule has 2 aromatic rings. The molecule has 0 amide bonds. The van der Waals surface area contributed by atoms with Gasteiger partial charge >= 0.3 is 5.16 Å². The molecule has 1 N–H and O–H groups in total. The first kappa shape index (κ1) is 9.98. The maximum atomic E-state index is 4.25. The van der Waals surface area contributed by atoms with Gasteiger partial charge in [-0.1, -0.05) is 24.3 Å². The Bertz CT molecular complexity index is 436. The SMILES string of the molecule is C=CCSc1nc[nH][n+]1-c1ccccc1. The highest BCUT2D eigenvalue weighted by molar-refractivity contribution is 7.99. The van der Waals surface area contributed by atoms with Gasteiger partial charge in [-0.05, 0) is 28.9 Å². The average Bonchev–Trinajstić information content (AvgIpc) is 2.75. The fraction of sp³-hybridized carbons (Fsp3) is 0.0909. The van der Waals surface area contributed by atoms with Crippen LogP contribution in [0.2, 0.25) is 0 Å². The molecular weight excluding hydrogens is 206 g/mol. The molecule has 0 radical (unpaired) electrons. The fourth-order valence-corrected chi connectivity index (χ4v) is 1.93. The second-order valence-electron chi connectivity index (χ2n) is 2.94. The van der Waals surface area contributed by atoms with Crippen LogP contribution >= 0.6 is 11.8 Å². The van der Waals surface area contributed by atoms with Crippen LogP contribution in [0.5, 0.6) is 0 Å². The average molecular weight is 218 g/mol. The van der Waals surface area contributed by atoms with Crippen LogP contribution < -0.4 is 4.68 Å². The number of benzene rings is 1. The van der Waals surface area contributed by atoms with Gasteiger partial charge in [-0.3, -0.25) is 0 Å². The molecule has 0 atom stereocenters. The van der Waals surface area contributed by atoms with E-state index in [2.05, 4.69) is 16.7 Å². The minimum atomic E-state index is 0.859. The molecule has 0 spiro atoms. The van der Waals surface area contributed by atoms with Crippen LogP contribution in [0.3, 0.4) is 0 Å². The number of nitrogens with one attached hydrogen (secondary N) is 1. The normalized spacial score (nSPS) is 10.1. The van der Waals surface area contributed by atoms with E-state index in [0.717, 1.165) is 16.6 Å². The van der Waals surface area contributed by atoms with Crippen molar-refractivity contribution in [3.63, 3.8) is 0 Å². The van der Waals surface area contributed by atoms with Crippen LogP contribution in [0.25, 0.3) is 5.69 Å². The molecule has 0 bridgehead atoms. The second kappa shape index (κ2) is 4.79. The third kappa shape index (κ3) is 2.27. The summed E-state index contributed by atoms with van der Waals surface area (Å²) in [7, 11) is 0. The van der Waals surface area contributed by atoms with Gasteiger partial charge in [0, 0.05) is 5.75 Å². The van der Waals surface area contributed by atoms with Gasteiger partial charge in [0.2, 0.25) is 6.33 Å². The van der Waals surface area contributed by atoms with Gasteiger partial charge in [-0.2, -0.15) is 5.10 Å². The van der Waals surface area contributed by atoms with E-state index in [4.69, 9.17) is 0 Å². The molecule has 0 aliphatic rings. The van der Waals surface area contributed by atoms with Crippen molar-refractivity contribution in [2.24, 2.45) is 0 Å². The molecule has 15 heavy (non-hydrogen) atoms. The molecule has 4 heteroatoms. The number of para-hydroxylation sites is 1. The Morgan fingerprint density at radius 1 is 1.40 bits per heavy atom. The zero-order valence-electron chi connectivity index (χ0n) is 8.26. The number of hydrogen-bond donors (Lipinski definition) is 1. The zero-order chi connectivity index (χ0) is 10.5. The lowest BCUT2D eigenvalue weighted by Gasteiger charge is -1.95. The third-order valence-corrected chi connectivity index (χ3v) is 2.85. The predicted molar refractivity (Wildman–Crippen MR) is 61.0 cm³/mol. The molecule has 0 saturated carbocycles. The topological polar surface area (TPSA) is 32.6 Å². The molecule has 2 rings (SSSR count). The fourth-order valence-electron chi connectivity index (χ4n) is 1.25. The number of aromatic nitrogens is 3. The van der Waals surface area contributed by atoms with Crippen molar-refractivity contribution < 1.29 is 4.68 Å². The number of thioether (sulfide) groups is 1. The van der Waals surface area contributed by atoms with Crippen LogP contribution in [0.4, 0.5) is 0 Å². The second-order valence-corrected chi connectivity index (χ2v) is 3.93. The van der Waals surface area contributed by atoms with E-state index in [1.54, 1.807) is 18.1 Å². The first-order valence-corrected chi connectivity index (χ1v) is 5.65. The molecule has 0 saturated heterocycles. The van der Waals surface area contributed by atoms with Gasteiger partial charge in [0.05, 0.1) is 0 Å². The number of H-pyrrole nitrogens is 1. The van der Waals surface area contributed by atoms with E-state index in [0.29, 0.717) is 0 Å². The number of rotatable bonds is 4. The predicted octanol–water partition coefficient (Wildman–Crippen LogP) is 1.96. The minimum absolute atomic E-state index is 0.859. The largest absolute Gasteiger partial charge is 0.385 e. The first-order chi connectivity index (χ1) is 7.42. The highest BCUT2D eigenvalue weighted by atomic mass is 32.2. The monoisotopic (exact) mass is 218 g/mol. The van der Waals surface area contributed by atoms with Crippen LogP contribution in [-0.4, -0.2) is 15.8 Å². The van der Waals surface area contributed by atoms with Crippen LogP contribution in [-0.2, 0) is 0 Å². The Kier molecular flexibility index (Phi) is 3.19. The molecule has 0 unspecified atom stereocenters. The van der Waals surface area contributed by atoms with Gasteiger partial charge in [-0.25, -0.2) is 0 Å². The highest BCUT2D eigenvalue weighted by Crippen LogP contribution is 2.11. The van der Waals surface area contributed by atoms with Crippen molar-refractivity contribution in [1.29, 1.82) is 0 Å². The van der Waals surface area contributed by atoms with Crippen molar-refractivity contribution in [2.75, 3.05) is 5.75 Å². The summed E-state index contributed by atoms with van der Waals surface area (Å²) < 4.78 is 1.95. The summed E-state index contributed by atoms with van der Waals surface area (Å²) in [4.78, 5) is 4.25. The summed E-state index contributed by atoms with van der Waals surface area (Å²) in [6.07, 6.45) is 3.56. The molecule has 1 heterocycles. The highest BCUT2D eigenvalue weighted by Gasteiger charge is 2.15. The molecule has 1 aromatic carbocycles. The van der Waals surface area contributed by atoms with E-state index >= 15 is 0 Å². The van der Waals surface area contributed by atoms with Crippen molar-refractivity contribution in [1.82, 2.24) is 10.1 Å². The van der Waals surface area contributed by atoms with Crippen molar-refractivity contribution >= 4 is 11.8 Å². The molecule has 0 fully saturated rings. The Balaban J connectivity index is 2.29. The summed E-state index contributed by atoms with van der Waals surface area (Å²) in [5.74, 6) is 0.859.